The van der Waals surface area contributed by atoms with Gasteiger partial charge >= 0.3 is 5.97 Å². The summed E-state index contributed by atoms with van der Waals surface area (Å²) in [5.41, 5.74) is 0.358. The van der Waals surface area contributed by atoms with Gasteiger partial charge in [0.05, 0.1) is 5.92 Å². The molecule has 5 nitrogen and oxygen atoms in total. The Balaban J connectivity index is 1.83. The zero-order valence-electron chi connectivity index (χ0n) is 11.4. The normalized spacial score (nSPS) is 16.0. The predicted molar refractivity (Wildman–Crippen MR) is 69.8 cm³/mol. The summed E-state index contributed by atoms with van der Waals surface area (Å²) in [6.45, 7) is -0.0837. The van der Waals surface area contributed by atoms with Crippen molar-refractivity contribution in [2.75, 3.05) is 19.7 Å². The first kappa shape index (κ1) is 15.3. The molecule has 0 unspecified atom stereocenters. The van der Waals surface area contributed by atoms with Gasteiger partial charge in [0, 0.05) is 19.3 Å². The number of nitrogens with zero attached hydrogens (tertiary/aromatic N) is 2. The molecule has 1 amide bonds. The molecule has 1 aromatic heterocycles. The van der Waals surface area contributed by atoms with Crippen molar-refractivity contribution in [3.63, 3.8) is 0 Å². The number of amides is 1. The number of pyridine rings is 1. The van der Waals surface area contributed by atoms with Gasteiger partial charge in [-0.3, -0.25) is 14.6 Å². The predicted octanol–water partition coefficient (Wildman–Crippen LogP) is 1.74. The summed E-state index contributed by atoms with van der Waals surface area (Å²) >= 11 is 0. The highest BCUT2D eigenvalue weighted by Crippen LogP contribution is 2.20. The van der Waals surface area contributed by atoms with E-state index < -0.39 is 24.9 Å². The van der Waals surface area contributed by atoms with E-state index >= 15 is 0 Å². The van der Waals surface area contributed by atoms with Crippen molar-refractivity contribution in [1.29, 1.82) is 0 Å². The molecule has 0 N–H and O–H groups in total. The smallest absolute Gasteiger partial charge is 0.309 e. The van der Waals surface area contributed by atoms with Gasteiger partial charge in [-0.1, -0.05) is 6.07 Å². The third-order valence-corrected chi connectivity index (χ3v) is 3.35. The number of carbonyl (C=O) groups excluding carboxylic acids is 2. The van der Waals surface area contributed by atoms with E-state index in [0.717, 1.165) is 0 Å². The van der Waals surface area contributed by atoms with Gasteiger partial charge < -0.3 is 9.64 Å². The van der Waals surface area contributed by atoms with E-state index in [4.69, 9.17) is 0 Å². The molecule has 2 heterocycles. The third-order valence-electron chi connectivity index (χ3n) is 3.35. The maximum absolute atomic E-state index is 12.1. The second-order valence-corrected chi connectivity index (χ2v) is 4.80. The summed E-state index contributed by atoms with van der Waals surface area (Å²) < 4.78 is 28.5. The van der Waals surface area contributed by atoms with Crippen molar-refractivity contribution < 1.29 is 23.1 Å². The second-order valence-electron chi connectivity index (χ2n) is 4.80. The molecular formula is C14H16F2N2O3. The number of halogens is 2. The molecule has 1 fully saturated rings. The number of ether oxygens (including phenoxy) is 1. The highest BCUT2D eigenvalue weighted by atomic mass is 19.3. The molecule has 2 rings (SSSR count). The highest BCUT2D eigenvalue weighted by molar-refractivity contribution is 5.92. The molecule has 0 atom stereocenters. The Morgan fingerprint density at radius 2 is 2.05 bits per heavy atom. The maximum Gasteiger partial charge on any atom is 0.309 e. The van der Waals surface area contributed by atoms with Crippen LogP contribution in [0.3, 0.4) is 0 Å². The quantitative estimate of drug-likeness (QED) is 0.795. The average Bonchev–Trinajstić information content (AvgIpc) is 2.53. The van der Waals surface area contributed by atoms with Crippen LogP contribution in [-0.4, -0.2) is 47.9 Å². The molecule has 0 bridgehead atoms. The Morgan fingerprint density at radius 3 is 2.62 bits per heavy atom. The van der Waals surface area contributed by atoms with Crippen LogP contribution >= 0.6 is 0 Å². The van der Waals surface area contributed by atoms with E-state index in [1.54, 1.807) is 29.3 Å². The molecule has 21 heavy (non-hydrogen) atoms. The largest absolute Gasteiger partial charge is 0.459 e. The van der Waals surface area contributed by atoms with E-state index in [2.05, 4.69) is 9.72 Å². The Morgan fingerprint density at radius 1 is 1.33 bits per heavy atom. The van der Waals surface area contributed by atoms with Gasteiger partial charge in [-0.05, 0) is 25.0 Å². The third kappa shape index (κ3) is 4.21. The van der Waals surface area contributed by atoms with Gasteiger partial charge in [0.15, 0.2) is 6.61 Å². The van der Waals surface area contributed by atoms with Gasteiger partial charge in [-0.25, -0.2) is 8.78 Å². The molecule has 0 saturated carbocycles. The van der Waals surface area contributed by atoms with Gasteiger partial charge in [0.2, 0.25) is 0 Å². The van der Waals surface area contributed by atoms with Crippen molar-refractivity contribution in [2.24, 2.45) is 5.92 Å². The van der Waals surface area contributed by atoms with Gasteiger partial charge in [-0.2, -0.15) is 0 Å². The molecule has 1 aliphatic heterocycles. The SMILES string of the molecule is O=C(OCC(F)F)C1CCN(C(=O)c2ccccn2)CC1. The minimum atomic E-state index is -2.65. The van der Waals surface area contributed by atoms with Crippen LogP contribution in [-0.2, 0) is 9.53 Å². The molecule has 0 radical (unpaired) electrons. The number of likely N-dealkylation sites (tertiary alicyclic amines) is 1. The number of alkyl halides is 2. The average molecular weight is 298 g/mol. The lowest BCUT2D eigenvalue weighted by Crippen LogP contribution is -2.41. The zero-order valence-corrected chi connectivity index (χ0v) is 11.4. The Bertz CT molecular complexity index is 488. The molecule has 0 aromatic carbocycles. The Kier molecular flexibility index (Phi) is 5.19. The van der Waals surface area contributed by atoms with Crippen LogP contribution in [0.1, 0.15) is 23.3 Å². The maximum atomic E-state index is 12.1. The second kappa shape index (κ2) is 7.10. The topological polar surface area (TPSA) is 59.5 Å². The molecule has 0 spiro atoms. The van der Waals surface area contributed by atoms with Crippen molar-refractivity contribution in [2.45, 2.75) is 19.3 Å². The first-order chi connectivity index (χ1) is 10.1. The standard InChI is InChI=1S/C14H16F2N2O3/c15-12(16)9-21-14(20)10-4-7-18(8-5-10)13(19)11-3-1-2-6-17-11/h1-3,6,10,12H,4-5,7-9H2. The number of piperidine rings is 1. The van der Waals surface area contributed by atoms with Crippen molar-refractivity contribution >= 4 is 11.9 Å². The number of esters is 1. The van der Waals surface area contributed by atoms with Crippen LogP contribution in [0.5, 0.6) is 0 Å². The summed E-state index contributed by atoms with van der Waals surface area (Å²) in [6, 6.07) is 5.09. The molecule has 114 valence electrons. The number of hydrogen-bond donors (Lipinski definition) is 0. The molecule has 0 aliphatic carbocycles. The first-order valence-corrected chi connectivity index (χ1v) is 6.73. The molecule has 1 aliphatic rings. The molecule has 7 heteroatoms. The van der Waals surface area contributed by atoms with Crippen molar-refractivity contribution in [1.82, 2.24) is 9.88 Å². The Labute approximate surface area is 120 Å². The fraction of sp³-hybridized carbons (Fsp3) is 0.500. The van der Waals surface area contributed by atoms with Gasteiger partial charge in [0.25, 0.3) is 12.3 Å². The van der Waals surface area contributed by atoms with Crippen molar-refractivity contribution in [3.8, 4) is 0 Å². The Hall–Kier alpha value is -2.05. The summed E-state index contributed by atoms with van der Waals surface area (Å²) in [5.74, 6) is -1.22. The van der Waals surface area contributed by atoms with Crippen LogP contribution in [0.15, 0.2) is 24.4 Å². The lowest BCUT2D eigenvalue weighted by Gasteiger charge is -2.30. The number of carbonyl (C=O) groups is 2. The van der Waals surface area contributed by atoms with Crippen molar-refractivity contribution in [3.05, 3.63) is 30.1 Å². The molecule has 1 aromatic rings. The first-order valence-electron chi connectivity index (χ1n) is 6.73. The fourth-order valence-corrected chi connectivity index (χ4v) is 2.23. The number of hydrogen-bond acceptors (Lipinski definition) is 4. The van der Waals surface area contributed by atoms with Gasteiger partial charge in [-0.15, -0.1) is 0 Å². The number of rotatable bonds is 4. The summed E-state index contributed by atoms with van der Waals surface area (Å²) in [5, 5.41) is 0. The van der Waals surface area contributed by atoms with Crippen LogP contribution in [0, 0.1) is 5.92 Å². The van der Waals surface area contributed by atoms with E-state index in [-0.39, 0.29) is 5.91 Å². The van der Waals surface area contributed by atoms with Crippen LogP contribution in [0.2, 0.25) is 0 Å². The van der Waals surface area contributed by atoms with E-state index in [0.29, 0.717) is 31.6 Å². The van der Waals surface area contributed by atoms with E-state index in [1.165, 1.54) is 0 Å². The monoisotopic (exact) mass is 298 g/mol. The van der Waals surface area contributed by atoms with Crippen LogP contribution in [0.4, 0.5) is 8.78 Å². The minimum absolute atomic E-state index is 0.185. The zero-order chi connectivity index (χ0) is 15.2. The lowest BCUT2D eigenvalue weighted by atomic mass is 9.97. The van der Waals surface area contributed by atoms with Crippen LogP contribution in [0.25, 0.3) is 0 Å². The summed E-state index contributed by atoms with van der Waals surface area (Å²) in [7, 11) is 0. The van der Waals surface area contributed by atoms with Crippen LogP contribution < -0.4 is 0 Å². The van der Waals surface area contributed by atoms with Gasteiger partial charge in [0.1, 0.15) is 5.69 Å². The fourth-order valence-electron chi connectivity index (χ4n) is 2.23. The molecular weight excluding hydrogens is 282 g/mol. The van der Waals surface area contributed by atoms with E-state index in [1.807, 2.05) is 0 Å². The number of aromatic nitrogens is 1. The molecule has 1 saturated heterocycles. The highest BCUT2D eigenvalue weighted by Gasteiger charge is 2.29. The lowest BCUT2D eigenvalue weighted by molar-refractivity contribution is -0.154. The minimum Gasteiger partial charge on any atom is -0.459 e. The summed E-state index contributed by atoms with van der Waals surface area (Å²) in [4.78, 5) is 29.3. The summed E-state index contributed by atoms with van der Waals surface area (Å²) in [6.07, 6.45) is -0.275. The van der Waals surface area contributed by atoms with E-state index in [9.17, 15) is 18.4 Å².